The van der Waals surface area contributed by atoms with Crippen molar-refractivity contribution in [1.82, 2.24) is 10.2 Å². The maximum atomic E-state index is 6.42. The van der Waals surface area contributed by atoms with E-state index >= 15 is 0 Å². The maximum Gasteiger partial charge on any atom is 0.0710 e. The Balaban J connectivity index is 1.48. The lowest BCUT2D eigenvalue weighted by atomic mass is 9.98. The number of hydrogen-bond donors (Lipinski definition) is 1. The van der Waals surface area contributed by atoms with Gasteiger partial charge < -0.3 is 10.1 Å². The molecule has 3 aliphatic rings. The molecule has 2 saturated heterocycles. The Hall–Kier alpha value is -0.120. The zero-order valence-electron chi connectivity index (χ0n) is 11.8. The highest BCUT2D eigenvalue weighted by molar-refractivity contribution is 4.94. The zero-order chi connectivity index (χ0) is 12.4. The first-order chi connectivity index (χ1) is 8.80. The number of nitrogens with zero attached hydrogens (tertiary/aromatic N) is 1. The fourth-order valence-corrected chi connectivity index (χ4v) is 4.03. The van der Waals surface area contributed by atoms with Crippen LogP contribution in [0.4, 0.5) is 0 Å². The van der Waals surface area contributed by atoms with E-state index < -0.39 is 0 Å². The Labute approximate surface area is 111 Å². The molecule has 3 nitrogen and oxygen atoms in total. The standard InChI is InChI=1S/C15H28N2O/c1-2-13-11-17(10-9-16-13)12-14-5-8-15(18-14)6-3-4-7-15/h13-14,16H,2-12H2,1H3. The van der Waals surface area contributed by atoms with E-state index in [0.717, 1.165) is 6.54 Å². The van der Waals surface area contributed by atoms with Gasteiger partial charge in [0.1, 0.15) is 0 Å². The summed E-state index contributed by atoms with van der Waals surface area (Å²) >= 11 is 0. The molecule has 0 aromatic carbocycles. The summed E-state index contributed by atoms with van der Waals surface area (Å²) in [5.74, 6) is 0. The van der Waals surface area contributed by atoms with Crippen molar-refractivity contribution in [1.29, 1.82) is 0 Å². The molecule has 2 unspecified atom stereocenters. The molecular weight excluding hydrogens is 224 g/mol. The second kappa shape index (κ2) is 5.48. The molecular formula is C15H28N2O. The van der Waals surface area contributed by atoms with Crippen molar-refractivity contribution in [3.05, 3.63) is 0 Å². The first-order valence-corrected chi connectivity index (χ1v) is 7.93. The van der Waals surface area contributed by atoms with Gasteiger partial charge in [0.2, 0.25) is 0 Å². The minimum Gasteiger partial charge on any atom is -0.370 e. The van der Waals surface area contributed by atoms with E-state index in [1.807, 2.05) is 0 Å². The molecule has 2 heterocycles. The van der Waals surface area contributed by atoms with E-state index in [9.17, 15) is 0 Å². The van der Waals surface area contributed by atoms with Crippen LogP contribution in [0.2, 0.25) is 0 Å². The maximum absolute atomic E-state index is 6.42. The topological polar surface area (TPSA) is 24.5 Å². The van der Waals surface area contributed by atoms with Gasteiger partial charge in [0.15, 0.2) is 0 Å². The van der Waals surface area contributed by atoms with Crippen molar-refractivity contribution in [3.63, 3.8) is 0 Å². The second-order valence-electron chi connectivity index (χ2n) is 6.49. The number of piperazine rings is 1. The molecule has 3 fully saturated rings. The van der Waals surface area contributed by atoms with Crippen LogP contribution < -0.4 is 5.32 Å². The van der Waals surface area contributed by atoms with E-state index in [-0.39, 0.29) is 0 Å². The minimum atomic E-state index is 0.308. The smallest absolute Gasteiger partial charge is 0.0710 e. The first kappa shape index (κ1) is 12.9. The lowest BCUT2D eigenvalue weighted by molar-refractivity contribution is -0.0493. The van der Waals surface area contributed by atoms with Gasteiger partial charge in [-0.25, -0.2) is 0 Å². The molecule has 3 heteroatoms. The van der Waals surface area contributed by atoms with Gasteiger partial charge in [-0.05, 0) is 32.1 Å². The summed E-state index contributed by atoms with van der Waals surface area (Å²) < 4.78 is 6.42. The normalized spacial score (nSPS) is 36.5. The van der Waals surface area contributed by atoms with Crippen LogP contribution in [-0.2, 0) is 4.74 Å². The average molecular weight is 252 g/mol. The Morgan fingerprint density at radius 2 is 2.11 bits per heavy atom. The van der Waals surface area contributed by atoms with Crippen molar-refractivity contribution in [3.8, 4) is 0 Å². The molecule has 0 amide bonds. The largest absolute Gasteiger partial charge is 0.370 e. The molecule has 2 atom stereocenters. The van der Waals surface area contributed by atoms with Gasteiger partial charge in [0.25, 0.3) is 0 Å². The zero-order valence-corrected chi connectivity index (χ0v) is 11.8. The molecule has 18 heavy (non-hydrogen) atoms. The van der Waals surface area contributed by atoms with Gasteiger partial charge in [0.05, 0.1) is 11.7 Å². The average Bonchev–Trinajstić information content (AvgIpc) is 3.01. The molecule has 0 aromatic rings. The number of hydrogen-bond acceptors (Lipinski definition) is 3. The molecule has 1 aliphatic carbocycles. The lowest BCUT2D eigenvalue weighted by Gasteiger charge is -2.35. The number of nitrogens with one attached hydrogen (secondary N) is 1. The van der Waals surface area contributed by atoms with Crippen molar-refractivity contribution in [2.75, 3.05) is 26.2 Å². The SMILES string of the molecule is CCC1CN(CC2CCC3(CCCC3)O2)CCN1. The summed E-state index contributed by atoms with van der Waals surface area (Å²) in [6.07, 6.45) is 9.79. The van der Waals surface area contributed by atoms with Crippen LogP contribution in [0.5, 0.6) is 0 Å². The lowest BCUT2D eigenvalue weighted by Crippen LogP contribution is -2.52. The Morgan fingerprint density at radius 3 is 2.89 bits per heavy atom. The molecule has 2 aliphatic heterocycles. The summed E-state index contributed by atoms with van der Waals surface area (Å²) in [7, 11) is 0. The van der Waals surface area contributed by atoms with Crippen molar-refractivity contribution in [2.45, 2.75) is 69.6 Å². The predicted molar refractivity (Wildman–Crippen MR) is 73.8 cm³/mol. The summed E-state index contributed by atoms with van der Waals surface area (Å²) in [4.78, 5) is 2.61. The van der Waals surface area contributed by atoms with Crippen LogP contribution in [0.25, 0.3) is 0 Å². The minimum absolute atomic E-state index is 0.308. The van der Waals surface area contributed by atoms with Crippen LogP contribution in [0.3, 0.4) is 0 Å². The molecule has 1 saturated carbocycles. The molecule has 0 aromatic heterocycles. The fraction of sp³-hybridized carbons (Fsp3) is 1.00. The molecule has 104 valence electrons. The van der Waals surface area contributed by atoms with Crippen molar-refractivity contribution < 1.29 is 4.74 Å². The summed E-state index contributed by atoms with van der Waals surface area (Å²) in [5.41, 5.74) is 0.308. The van der Waals surface area contributed by atoms with E-state index in [0.29, 0.717) is 17.7 Å². The monoisotopic (exact) mass is 252 g/mol. The molecule has 0 bridgehead atoms. The summed E-state index contributed by atoms with van der Waals surface area (Å²) in [5, 5.41) is 3.59. The van der Waals surface area contributed by atoms with E-state index in [1.165, 1.54) is 64.6 Å². The van der Waals surface area contributed by atoms with Gasteiger partial charge in [-0.15, -0.1) is 0 Å². The summed E-state index contributed by atoms with van der Waals surface area (Å²) in [6.45, 7) is 7.00. The second-order valence-corrected chi connectivity index (χ2v) is 6.49. The Morgan fingerprint density at radius 1 is 1.28 bits per heavy atom. The molecule has 1 spiro atoms. The van der Waals surface area contributed by atoms with Crippen LogP contribution in [0.1, 0.15) is 51.9 Å². The first-order valence-electron chi connectivity index (χ1n) is 7.93. The van der Waals surface area contributed by atoms with Crippen LogP contribution in [0, 0.1) is 0 Å². The van der Waals surface area contributed by atoms with Crippen LogP contribution in [0.15, 0.2) is 0 Å². The van der Waals surface area contributed by atoms with Gasteiger partial charge in [0, 0.05) is 32.2 Å². The third-order valence-electron chi connectivity index (χ3n) is 5.15. The third-order valence-corrected chi connectivity index (χ3v) is 5.15. The van der Waals surface area contributed by atoms with Gasteiger partial charge >= 0.3 is 0 Å². The molecule has 0 radical (unpaired) electrons. The number of ether oxygens (including phenoxy) is 1. The van der Waals surface area contributed by atoms with E-state index in [1.54, 1.807) is 0 Å². The highest BCUT2D eigenvalue weighted by Gasteiger charge is 2.42. The predicted octanol–water partition coefficient (Wildman–Crippen LogP) is 2.16. The highest BCUT2D eigenvalue weighted by atomic mass is 16.5. The molecule has 1 N–H and O–H groups in total. The van der Waals surface area contributed by atoms with Gasteiger partial charge in [-0.2, -0.15) is 0 Å². The van der Waals surface area contributed by atoms with Gasteiger partial charge in [-0.1, -0.05) is 19.8 Å². The number of rotatable bonds is 3. The molecule has 3 rings (SSSR count). The fourth-order valence-electron chi connectivity index (χ4n) is 4.03. The Bertz CT molecular complexity index is 276. The van der Waals surface area contributed by atoms with Crippen LogP contribution in [-0.4, -0.2) is 48.8 Å². The third kappa shape index (κ3) is 2.73. The Kier molecular flexibility index (Phi) is 3.92. The quantitative estimate of drug-likeness (QED) is 0.833. The van der Waals surface area contributed by atoms with Gasteiger partial charge in [-0.3, -0.25) is 4.90 Å². The van der Waals surface area contributed by atoms with Crippen molar-refractivity contribution >= 4 is 0 Å². The van der Waals surface area contributed by atoms with Crippen molar-refractivity contribution in [2.24, 2.45) is 0 Å². The van der Waals surface area contributed by atoms with Crippen LogP contribution >= 0.6 is 0 Å². The van der Waals surface area contributed by atoms with E-state index in [2.05, 4.69) is 17.1 Å². The summed E-state index contributed by atoms with van der Waals surface area (Å²) in [6, 6.07) is 0.695. The van der Waals surface area contributed by atoms with E-state index in [4.69, 9.17) is 4.74 Å². The highest BCUT2D eigenvalue weighted by Crippen LogP contribution is 2.43.